The zero-order valence-electron chi connectivity index (χ0n) is 12.8. The summed E-state index contributed by atoms with van der Waals surface area (Å²) < 4.78 is 0. The normalized spacial score (nSPS) is 27.6. The fourth-order valence-electron chi connectivity index (χ4n) is 3.36. The van der Waals surface area contributed by atoms with Crippen LogP contribution in [-0.4, -0.2) is 28.1 Å². The molecule has 1 saturated carbocycles. The summed E-state index contributed by atoms with van der Waals surface area (Å²) in [5.74, 6) is 1.06. The second kappa shape index (κ2) is 5.64. The Bertz CT molecular complexity index is 341. The number of rotatable bonds is 3. The number of carbonyl (C=O) groups excluding carboxylic acids is 1. The third kappa shape index (κ3) is 3.53. The summed E-state index contributed by atoms with van der Waals surface area (Å²) >= 11 is 0. The first-order valence-electron chi connectivity index (χ1n) is 7.18. The van der Waals surface area contributed by atoms with Crippen LogP contribution in [0.25, 0.3) is 0 Å². The van der Waals surface area contributed by atoms with Crippen LogP contribution in [0.15, 0.2) is 0 Å². The molecule has 6 radical (unpaired) electrons. The molecule has 1 aliphatic heterocycles. The number of nitrogens with one attached hydrogen (secondary N) is 1. The number of piperidine rings is 1. The van der Waals surface area contributed by atoms with E-state index in [1.165, 1.54) is 5.06 Å². The van der Waals surface area contributed by atoms with Crippen LogP contribution in [0.1, 0.15) is 47.0 Å². The van der Waals surface area contributed by atoms with Gasteiger partial charge in [-0.15, -0.1) is 10.3 Å². The predicted molar refractivity (Wildman–Crippen MR) is 76.9 cm³/mol. The summed E-state index contributed by atoms with van der Waals surface area (Å²) in [7, 11) is 0. The van der Waals surface area contributed by atoms with Crippen molar-refractivity contribution in [2.75, 3.05) is 0 Å². The predicted octanol–water partition coefficient (Wildman–Crippen LogP) is 2.27. The largest absolute Gasteiger partial charge is 0.353 e. The summed E-state index contributed by atoms with van der Waals surface area (Å²) in [5, 5.41) is 16.5. The zero-order chi connectivity index (χ0) is 15.0. The smallest absolute Gasteiger partial charge is 0.220 e. The molecule has 0 bridgehead atoms. The van der Waals surface area contributed by atoms with Gasteiger partial charge in [0, 0.05) is 23.5 Å². The van der Waals surface area contributed by atoms with Crippen molar-refractivity contribution in [3.63, 3.8) is 0 Å². The van der Waals surface area contributed by atoms with Gasteiger partial charge in [0.1, 0.15) is 0 Å². The molecule has 0 atom stereocenters. The zero-order valence-corrected chi connectivity index (χ0v) is 12.8. The molecule has 4 heteroatoms. The quantitative estimate of drug-likeness (QED) is 0.859. The minimum absolute atomic E-state index is 0.0344. The van der Waals surface area contributed by atoms with Crippen molar-refractivity contribution in [2.45, 2.75) is 64.1 Å². The summed E-state index contributed by atoms with van der Waals surface area (Å²) in [4.78, 5) is 12.1. The minimum atomic E-state index is -0.444. The van der Waals surface area contributed by atoms with E-state index in [-0.39, 0.29) is 11.9 Å². The number of hydrogen-bond acceptors (Lipinski definition) is 2. The van der Waals surface area contributed by atoms with Crippen molar-refractivity contribution in [1.29, 1.82) is 0 Å². The molecule has 4 nitrogen and oxygen atoms in total. The van der Waals surface area contributed by atoms with Crippen molar-refractivity contribution in [3.05, 3.63) is 31.6 Å². The summed E-state index contributed by atoms with van der Waals surface area (Å²) in [6, 6.07) is 0.0627. The Morgan fingerprint density at radius 1 is 1.20 bits per heavy atom. The van der Waals surface area contributed by atoms with Crippen LogP contribution >= 0.6 is 0 Å². The van der Waals surface area contributed by atoms with Gasteiger partial charge in [-0.25, -0.2) is 0 Å². The van der Waals surface area contributed by atoms with Gasteiger partial charge < -0.3 is 5.32 Å². The third-order valence-electron chi connectivity index (χ3n) is 4.05. The molecule has 1 saturated heterocycles. The van der Waals surface area contributed by atoms with Crippen molar-refractivity contribution >= 4 is 5.91 Å². The highest BCUT2D eigenvalue weighted by Gasteiger charge is 2.46. The van der Waals surface area contributed by atoms with E-state index in [0.29, 0.717) is 19.3 Å². The Labute approximate surface area is 122 Å². The highest BCUT2D eigenvalue weighted by atomic mass is 16.5. The first-order valence-corrected chi connectivity index (χ1v) is 7.18. The molecular formula is C16H24N2O2. The lowest BCUT2D eigenvalue weighted by Gasteiger charge is -2.50. The van der Waals surface area contributed by atoms with Crippen LogP contribution in [0.2, 0.25) is 0 Å². The second-order valence-electron chi connectivity index (χ2n) is 7.06. The Morgan fingerprint density at radius 2 is 1.70 bits per heavy atom. The molecule has 0 aromatic heterocycles. The highest BCUT2D eigenvalue weighted by molar-refractivity contribution is 5.79. The van der Waals surface area contributed by atoms with E-state index >= 15 is 0 Å². The minimum Gasteiger partial charge on any atom is -0.353 e. The molecular weight excluding hydrogens is 252 g/mol. The standard InChI is InChI=1S/C16H24N2O2/c1-15(2)10-13(11-16(3,4)18(15)20)17-14(19)9-12-7-5-6-8-12/h5-8,13H,9-11H2,1-4H3,(H,17,19). The molecule has 1 heterocycles. The van der Waals surface area contributed by atoms with E-state index < -0.39 is 11.1 Å². The molecule has 0 aromatic carbocycles. The van der Waals surface area contributed by atoms with Crippen LogP contribution in [0.3, 0.4) is 0 Å². The first kappa shape index (κ1) is 15.8. The van der Waals surface area contributed by atoms with Gasteiger partial charge in [0.05, 0.1) is 0 Å². The molecule has 1 aliphatic carbocycles. The van der Waals surface area contributed by atoms with Crippen LogP contribution in [0.4, 0.5) is 0 Å². The van der Waals surface area contributed by atoms with Gasteiger partial charge in [-0.05, 0) is 72.1 Å². The monoisotopic (exact) mass is 276 g/mol. The van der Waals surface area contributed by atoms with E-state index in [1.54, 1.807) is 0 Å². The number of hydrogen-bond donors (Lipinski definition) is 1. The molecule has 1 N–H and O–H groups in total. The van der Waals surface area contributed by atoms with Gasteiger partial charge in [0.2, 0.25) is 5.91 Å². The van der Waals surface area contributed by atoms with Gasteiger partial charge in [-0.1, -0.05) is 0 Å². The molecule has 20 heavy (non-hydrogen) atoms. The maximum Gasteiger partial charge on any atom is 0.220 e. The molecule has 1 amide bonds. The average molecular weight is 276 g/mol. The SMILES string of the molecule is CC1(C)CC(NC(=O)C[C]2[CH][CH][CH][CH]2)CC(C)(C)N1[O]. The lowest BCUT2D eigenvalue weighted by molar-refractivity contribution is -0.290. The van der Waals surface area contributed by atoms with Crippen molar-refractivity contribution in [1.82, 2.24) is 10.4 Å². The van der Waals surface area contributed by atoms with Crippen molar-refractivity contribution in [2.24, 2.45) is 0 Å². The number of nitrogens with zero attached hydrogens (tertiary/aromatic N) is 1. The van der Waals surface area contributed by atoms with E-state index in [9.17, 15) is 10.0 Å². The second-order valence-corrected chi connectivity index (χ2v) is 7.06. The van der Waals surface area contributed by atoms with Crippen LogP contribution < -0.4 is 5.32 Å². The van der Waals surface area contributed by atoms with E-state index in [4.69, 9.17) is 0 Å². The summed E-state index contributed by atoms with van der Waals surface area (Å²) in [5.41, 5.74) is -0.889. The molecule has 0 spiro atoms. The number of hydroxylamine groups is 2. The van der Waals surface area contributed by atoms with Crippen molar-refractivity contribution < 1.29 is 10.0 Å². The van der Waals surface area contributed by atoms with E-state index in [1.807, 2.05) is 53.4 Å². The fraction of sp³-hybridized carbons (Fsp3) is 0.625. The molecule has 110 valence electrons. The van der Waals surface area contributed by atoms with E-state index in [2.05, 4.69) is 5.32 Å². The maximum atomic E-state index is 12.3. The number of carbonyl (C=O) groups is 1. The Balaban J connectivity index is 1.90. The Morgan fingerprint density at radius 3 is 2.20 bits per heavy atom. The van der Waals surface area contributed by atoms with Gasteiger partial charge in [0.15, 0.2) is 0 Å². The topological polar surface area (TPSA) is 52.2 Å². The summed E-state index contributed by atoms with van der Waals surface area (Å²) in [6.07, 6.45) is 9.56. The molecule has 2 rings (SSSR count). The van der Waals surface area contributed by atoms with Crippen LogP contribution in [-0.2, 0) is 10.0 Å². The van der Waals surface area contributed by atoms with Crippen LogP contribution in [0, 0.1) is 31.6 Å². The Hall–Kier alpha value is -0.610. The summed E-state index contributed by atoms with van der Waals surface area (Å²) in [6.45, 7) is 7.77. The first-order chi connectivity index (χ1) is 9.21. The number of amides is 1. The molecule has 2 fully saturated rings. The molecule has 2 aliphatic rings. The fourth-order valence-corrected chi connectivity index (χ4v) is 3.36. The molecule has 0 unspecified atom stereocenters. The van der Waals surface area contributed by atoms with Gasteiger partial charge in [0.25, 0.3) is 0 Å². The van der Waals surface area contributed by atoms with Crippen molar-refractivity contribution in [3.8, 4) is 0 Å². The van der Waals surface area contributed by atoms with E-state index in [0.717, 1.165) is 5.92 Å². The highest BCUT2D eigenvalue weighted by Crippen LogP contribution is 2.37. The van der Waals surface area contributed by atoms with Gasteiger partial charge in [-0.3, -0.25) is 4.79 Å². The van der Waals surface area contributed by atoms with Gasteiger partial charge >= 0.3 is 0 Å². The lowest BCUT2D eigenvalue weighted by atomic mass is 9.79. The third-order valence-corrected chi connectivity index (χ3v) is 4.05. The Kier molecular flexibility index (Phi) is 4.45. The maximum absolute atomic E-state index is 12.3. The molecule has 0 aromatic rings. The lowest BCUT2D eigenvalue weighted by Crippen LogP contribution is -2.62. The van der Waals surface area contributed by atoms with Gasteiger partial charge in [-0.2, -0.15) is 0 Å². The van der Waals surface area contributed by atoms with Crippen LogP contribution in [0.5, 0.6) is 0 Å². The average Bonchev–Trinajstić information content (AvgIpc) is 2.77.